The number of aliphatic carboxylic acids is 2. The van der Waals surface area contributed by atoms with Gasteiger partial charge >= 0.3 is 11.9 Å². The second kappa shape index (κ2) is 3.17. The molecule has 58 valence electrons. The highest BCUT2D eigenvalue weighted by Gasteiger charge is 2.25. The van der Waals surface area contributed by atoms with Gasteiger partial charge in [0.05, 0.1) is 5.92 Å². The van der Waals surface area contributed by atoms with Gasteiger partial charge < -0.3 is 15.9 Å². The topological polar surface area (TPSA) is 101 Å². The Morgan fingerprint density at radius 3 is 1.80 bits per heavy atom. The van der Waals surface area contributed by atoms with Crippen molar-refractivity contribution in [2.45, 2.75) is 13.0 Å². The van der Waals surface area contributed by atoms with Crippen LogP contribution in [-0.2, 0) is 9.59 Å². The van der Waals surface area contributed by atoms with Crippen molar-refractivity contribution in [2.75, 3.05) is 0 Å². The number of rotatable bonds is 3. The molecule has 0 bridgehead atoms. The van der Waals surface area contributed by atoms with Crippen LogP contribution >= 0.6 is 0 Å². The van der Waals surface area contributed by atoms with Gasteiger partial charge in [0.1, 0.15) is 6.04 Å². The first-order chi connectivity index (χ1) is 4.46. The number of hydrogen-bond acceptors (Lipinski definition) is 3. The van der Waals surface area contributed by atoms with Gasteiger partial charge in [-0.1, -0.05) is 0 Å². The summed E-state index contributed by atoms with van der Waals surface area (Å²) in [6.07, 6.45) is 0. The second-order valence-electron chi connectivity index (χ2n) is 1.99. The maximum Gasteiger partial charge on any atom is 0.321 e. The summed E-state index contributed by atoms with van der Waals surface area (Å²) in [7, 11) is 0. The molecule has 0 aromatic rings. The Bertz CT molecular complexity index is 138. The summed E-state index contributed by atoms with van der Waals surface area (Å²) in [6, 6.07) is -1.32. The Hall–Kier alpha value is -1.10. The lowest BCUT2D eigenvalue weighted by atomic mass is 10.0. The third-order valence-electron chi connectivity index (χ3n) is 1.21. The number of carbonyl (C=O) groups is 2. The maximum atomic E-state index is 10.1. The van der Waals surface area contributed by atoms with Crippen molar-refractivity contribution in [3.8, 4) is 0 Å². The van der Waals surface area contributed by atoms with E-state index in [4.69, 9.17) is 15.9 Å². The standard InChI is InChI=1S/C5H9NO4/c1-2(4(7)8)3(6)5(9)10/h2-3H,6H2,1H3,(H,7,8)(H,9,10)/t2-,3-/m1/s1. The van der Waals surface area contributed by atoms with E-state index in [-0.39, 0.29) is 0 Å². The van der Waals surface area contributed by atoms with Crippen molar-refractivity contribution in [2.24, 2.45) is 11.7 Å². The highest BCUT2D eigenvalue weighted by Crippen LogP contribution is 1.99. The van der Waals surface area contributed by atoms with E-state index in [0.29, 0.717) is 0 Å². The first-order valence-corrected chi connectivity index (χ1v) is 2.68. The lowest BCUT2D eigenvalue weighted by Gasteiger charge is -2.09. The van der Waals surface area contributed by atoms with Crippen molar-refractivity contribution >= 4 is 11.9 Å². The molecule has 0 aromatic heterocycles. The minimum absolute atomic E-state index is 1.04. The van der Waals surface area contributed by atoms with Crippen LogP contribution in [0.5, 0.6) is 0 Å². The van der Waals surface area contributed by atoms with E-state index in [1.54, 1.807) is 0 Å². The monoisotopic (exact) mass is 147 g/mol. The average molecular weight is 147 g/mol. The Labute approximate surface area is 57.5 Å². The first kappa shape index (κ1) is 8.90. The van der Waals surface area contributed by atoms with Gasteiger partial charge in [0.2, 0.25) is 0 Å². The van der Waals surface area contributed by atoms with Crippen LogP contribution in [0.2, 0.25) is 0 Å². The lowest BCUT2D eigenvalue weighted by molar-refractivity contribution is -0.149. The van der Waals surface area contributed by atoms with Crippen LogP contribution < -0.4 is 5.73 Å². The third-order valence-corrected chi connectivity index (χ3v) is 1.21. The fourth-order valence-electron chi connectivity index (χ4n) is 0.367. The van der Waals surface area contributed by atoms with E-state index in [0.717, 1.165) is 0 Å². The van der Waals surface area contributed by atoms with Crippen LogP contribution in [0.25, 0.3) is 0 Å². The van der Waals surface area contributed by atoms with E-state index in [9.17, 15) is 9.59 Å². The molecule has 0 aromatic carbocycles. The fourth-order valence-corrected chi connectivity index (χ4v) is 0.367. The fraction of sp³-hybridized carbons (Fsp3) is 0.600. The molecule has 0 heterocycles. The lowest BCUT2D eigenvalue weighted by Crippen LogP contribution is -2.40. The first-order valence-electron chi connectivity index (χ1n) is 2.68. The van der Waals surface area contributed by atoms with Crippen molar-refractivity contribution < 1.29 is 19.8 Å². The van der Waals surface area contributed by atoms with Crippen molar-refractivity contribution in [1.82, 2.24) is 0 Å². The molecule has 0 aliphatic heterocycles. The van der Waals surface area contributed by atoms with Crippen molar-refractivity contribution in [3.05, 3.63) is 0 Å². The van der Waals surface area contributed by atoms with Gasteiger partial charge in [0.15, 0.2) is 0 Å². The number of carboxylic acids is 2. The van der Waals surface area contributed by atoms with Crippen LogP contribution in [-0.4, -0.2) is 28.2 Å². The minimum Gasteiger partial charge on any atom is -0.481 e. The van der Waals surface area contributed by atoms with Gasteiger partial charge in [-0.25, -0.2) is 0 Å². The smallest absolute Gasteiger partial charge is 0.321 e. The zero-order valence-electron chi connectivity index (χ0n) is 5.44. The molecule has 0 saturated carbocycles. The molecule has 2 atom stereocenters. The molecule has 4 N–H and O–H groups in total. The maximum absolute atomic E-state index is 10.1. The van der Waals surface area contributed by atoms with E-state index < -0.39 is 23.9 Å². The summed E-state index contributed by atoms with van der Waals surface area (Å²) in [5.41, 5.74) is 4.98. The van der Waals surface area contributed by atoms with Crippen LogP contribution in [0.3, 0.4) is 0 Å². The largest absolute Gasteiger partial charge is 0.481 e. The van der Waals surface area contributed by atoms with Gasteiger partial charge in [-0.15, -0.1) is 0 Å². The van der Waals surface area contributed by atoms with E-state index in [2.05, 4.69) is 0 Å². The summed E-state index contributed by atoms with van der Waals surface area (Å²) in [4.78, 5) is 20.2. The molecule has 0 aliphatic carbocycles. The Morgan fingerprint density at radius 1 is 1.30 bits per heavy atom. The molecule has 0 rings (SSSR count). The Kier molecular flexibility index (Phi) is 2.82. The number of carboxylic acid groups (broad SMARTS) is 2. The molecule has 0 radical (unpaired) electrons. The van der Waals surface area contributed by atoms with E-state index in [1.807, 2.05) is 0 Å². The molecule has 0 fully saturated rings. The second-order valence-corrected chi connectivity index (χ2v) is 1.99. The molecule has 0 amide bonds. The van der Waals surface area contributed by atoms with E-state index in [1.165, 1.54) is 6.92 Å². The Morgan fingerprint density at radius 2 is 1.70 bits per heavy atom. The molecule has 5 nitrogen and oxygen atoms in total. The number of hydrogen-bond donors (Lipinski definition) is 3. The van der Waals surface area contributed by atoms with Gasteiger partial charge in [0, 0.05) is 0 Å². The SMILES string of the molecule is C[C@@H](C(=O)O)[C@@H](N)C(=O)O. The van der Waals surface area contributed by atoms with Gasteiger partial charge in [0.25, 0.3) is 0 Å². The predicted molar refractivity (Wildman–Crippen MR) is 32.4 cm³/mol. The van der Waals surface area contributed by atoms with Gasteiger partial charge in [-0.05, 0) is 6.92 Å². The van der Waals surface area contributed by atoms with Gasteiger partial charge in [-0.2, -0.15) is 0 Å². The quantitative estimate of drug-likeness (QED) is 0.481. The predicted octanol–water partition coefficient (Wildman–Crippen LogP) is -0.881. The average Bonchev–Trinajstić information content (AvgIpc) is 1.84. The molecular formula is C5H9NO4. The molecular weight excluding hydrogens is 138 g/mol. The summed E-state index contributed by atoms with van der Waals surface area (Å²) < 4.78 is 0. The highest BCUT2D eigenvalue weighted by atomic mass is 16.4. The molecule has 10 heavy (non-hydrogen) atoms. The zero-order chi connectivity index (χ0) is 8.31. The normalized spacial score (nSPS) is 15.8. The van der Waals surface area contributed by atoms with Crippen LogP contribution in [0.4, 0.5) is 0 Å². The van der Waals surface area contributed by atoms with Crippen LogP contribution in [0.1, 0.15) is 6.92 Å². The highest BCUT2D eigenvalue weighted by molar-refractivity contribution is 5.82. The van der Waals surface area contributed by atoms with E-state index >= 15 is 0 Å². The van der Waals surface area contributed by atoms with Crippen molar-refractivity contribution in [3.63, 3.8) is 0 Å². The molecule has 0 saturated heterocycles. The summed E-state index contributed by atoms with van der Waals surface area (Å²) in [5, 5.41) is 16.5. The van der Waals surface area contributed by atoms with Gasteiger partial charge in [-0.3, -0.25) is 9.59 Å². The third kappa shape index (κ3) is 2.02. The molecule has 5 heteroatoms. The van der Waals surface area contributed by atoms with Crippen LogP contribution in [0.15, 0.2) is 0 Å². The zero-order valence-corrected chi connectivity index (χ0v) is 5.44. The molecule has 0 aliphatic rings. The van der Waals surface area contributed by atoms with Crippen molar-refractivity contribution in [1.29, 1.82) is 0 Å². The summed E-state index contributed by atoms with van der Waals surface area (Å²) in [6.45, 7) is 1.25. The number of nitrogens with two attached hydrogens (primary N) is 1. The summed E-state index contributed by atoms with van der Waals surface area (Å²) in [5.74, 6) is -3.54. The molecule has 0 unspecified atom stereocenters. The summed E-state index contributed by atoms with van der Waals surface area (Å²) >= 11 is 0. The molecule has 0 spiro atoms. The minimum atomic E-state index is -1.32. The Balaban J connectivity index is 4.07. The van der Waals surface area contributed by atoms with Crippen LogP contribution in [0, 0.1) is 5.92 Å².